The van der Waals surface area contributed by atoms with Crippen LogP contribution in [0.1, 0.15) is 98.4 Å². The topological polar surface area (TPSA) is 167 Å². The highest BCUT2D eigenvalue weighted by atomic mass is 32.2. The van der Waals surface area contributed by atoms with Crippen molar-refractivity contribution in [3.8, 4) is 21.1 Å². The number of anilines is 4. The lowest BCUT2D eigenvalue weighted by Crippen LogP contribution is -2.31. The minimum Gasteiger partial charge on any atom is -0.340 e. The zero-order valence-electron chi connectivity index (χ0n) is 40.2. The predicted molar refractivity (Wildman–Crippen MR) is 271 cm³/mol. The number of fused-ring (bicyclic) bond motifs is 2. The lowest BCUT2D eigenvalue weighted by atomic mass is 10.1. The second-order valence-electron chi connectivity index (χ2n) is 18.7. The average Bonchev–Trinajstić information content (AvgIpc) is 3.65. The number of likely N-dealkylation sites (tertiary alicyclic amines) is 1. The first-order chi connectivity index (χ1) is 34.9. The number of aryl methyl sites for hydroxylation is 1. The summed E-state index contributed by atoms with van der Waals surface area (Å²) in [6, 6.07) is 3.84. The van der Waals surface area contributed by atoms with Crippen molar-refractivity contribution >= 4 is 81.3 Å². The van der Waals surface area contributed by atoms with Gasteiger partial charge in [0.2, 0.25) is 11.9 Å². The minimum atomic E-state index is -4.64. The molecule has 1 saturated carbocycles. The van der Waals surface area contributed by atoms with Gasteiger partial charge >= 0.3 is 12.4 Å². The smallest absolute Gasteiger partial charge is 0.340 e. The highest BCUT2D eigenvalue weighted by Crippen LogP contribution is 2.47. The number of rotatable bonds is 9. The van der Waals surface area contributed by atoms with E-state index in [-0.39, 0.29) is 52.1 Å². The monoisotopic (exact) mass is 1090 g/mol. The van der Waals surface area contributed by atoms with Crippen molar-refractivity contribution in [3.63, 3.8) is 0 Å². The molecule has 388 valence electrons. The molecule has 0 bridgehead atoms. The van der Waals surface area contributed by atoms with Crippen molar-refractivity contribution < 1.29 is 35.9 Å². The molecule has 0 radical (unpaired) electrons. The molecule has 2 saturated heterocycles. The SMILES string of the molecule is CN1CCSc2cc(-c3nc(Nc4cn(C5CCNCC5)nc4C4CC4)ncc3C(F)(F)F)sc2C1=O.Cc1nn(C2CCN(C)CC2)cc1Nc1ncc(C(F)(F)F)c(-c2cc3c(s2)C(=O)N(C)CCS3)n1. The summed E-state index contributed by atoms with van der Waals surface area (Å²) in [7, 11) is 5.49. The Morgan fingerprint density at radius 1 is 0.644 bits per heavy atom. The third-order valence-electron chi connectivity index (χ3n) is 13.4. The molecule has 0 aromatic carbocycles. The van der Waals surface area contributed by atoms with E-state index in [0.717, 1.165) is 111 Å². The fourth-order valence-corrected chi connectivity index (χ4v) is 13.9. The maximum atomic E-state index is 14.0. The van der Waals surface area contributed by atoms with Crippen molar-refractivity contribution in [2.45, 2.75) is 85.6 Å². The molecule has 5 aliphatic rings. The second kappa shape index (κ2) is 20.8. The number of thioether (sulfide) groups is 2. The van der Waals surface area contributed by atoms with Crippen LogP contribution >= 0.6 is 46.2 Å². The standard InChI is InChI=1S/C24H26F3N7OS2.C23H26F3N7OS2/c1-33-8-9-36-18-10-17(37-21(18)22(33)35)20-15(24(25,26)27)11-29-23(31-20)30-16-12-34(14-4-6-28-7-5-14)32-19(16)13-2-3-13;1-13-16(12-33(30-13)14-4-6-31(2)7-5-14)28-22-27-11-15(23(24,25)26)19(29-22)17-10-18-20(36-17)21(34)32(3)8-9-35-18/h10-14,28H,2-9H2,1H3,(H,29,30,31);10-12,14H,4-9H2,1-3H3,(H,27,28,29). The molecule has 11 rings (SSSR count). The molecule has 2 amide bonds. The Kier molecular flexibility index (Phi) is 14.6. The van der Waals surface area contributed by atoms with Crippen LogP contribution in [0.25, 0.3) is 21.1 Å². The number of alkyl halides is 6. The van der Waals surface area contributed by atoms with Crippen LogP contribution < -0.4 is 16.0 Å². The number of halogens is 6. The number of carbonyl (C=O) groups is 2. The maximum Gasteiger partial charge on any atom is 0.420 e. The molecule has 3 N–H and O–H groups in total. The van der Waals surface area contributed by atoms with E-state index in [1.165, 1.54) is 23.5 Å². The van der Waals surface area contributed by atoms with E-state index in [0.29, 0.717) is 66.3 Å². The van der Waals surface area contributed by atoms with E-state index in [1.54, 1.807) is 36.0 Å². The zero-order chi connectivity index (χ0) is 51.3. The van der Waals surface area contributed by atoms with Gasteiger partial charge in [0.05, 0.1) is 56.0 Å². The van der Waals surface area contributed by atoms with Gasteiger partial charge in [0.15, 0.2) is 0 Å². The molecule has 0 spiro atoms. The Morgan fingerprint density at radius 2 is 1.12 bits per heavy atom. The number of piperidine rings is 2. The summed E-state index contributed by atoms with van der Waals surface area (Å²) in [4.78, 5) is 50.4. The fraction of sp³-hybridized carbons (Fsp3) is 0.489. The van der Waals surface area contributed by atoms with Crippen LogP contribution in [0.2, 0.25) is 0 Å². The molecule has 10 heterocycles. The lowest BCUT2D eigenvalue weighted by molar-refractivity contribution is -0.138. The number of nitrogens with zero attached hydrogens (tertiary/aromatic N) is 11. The number of nitrogens with one attached hydrogen (secondary N) is 3. The van der Waals surface area contributed by atoms with Gasteiger partial charge in [-0.15, -0.1) is 46.2 Å². The molecule has 6 aromatic heterocycles. The van der Waals surface area contributed by atoms with Crippen LogP contribution in [-0.4, -0.2) is 138 Å². The molecule has 6 aromatic rings. The summed E-state index contributed by atoms with van der Waals surface area (Å²) in [5.41, 5.74) is 0.688. The van der Waals surface area contributed by atoms with Gasteiger partial charge in [-0.2, -0.15) is 36.5 Å². The number of thiophene rings is 2. The molecule has 16 nitrogen and oxygen atoms in total. The van der Waals surface area contributed by atoms with E-state index in [1.807, 2.05) is 28.7 Å². The van der Waals surface area contributed by atoms with Crippen LogP contribution in [0.4, 0.5) is 49.6 Å². The summed E-state index contributed by atoms with van der Waals surface area (Å²) in [6.07, 6.45) is 2.13. The maximum absolute atomic E-state index is 14.0. The van der Waals surface area contributed by atoms with Gasteiger partial charge in [-0.25, -0.2) is 19.9 Å². The van der Waals surface area contributed by atoms with Crippen LogP contribution in [0, 0.1) is 6.92 Å². The molecule has 26 heteroatoms. The highest BCUT2D eigenvalue weighted by molar-refractivity contribution is 7.99. The third-order valence-corrected chi connectivity index (χ3v) is 17.9. The Morgan fingerprint density at radius 3 is 1.63 bits per heavy atom. The summed E-state index contributed by atoms with van der Waals surface area (Å²) in [5, 5.41) is 19.0. The van der Waals surface area contributed by atoms with E-state index in [9.17, 15) is 35.9 Å². The molecule has 73 heavy (non-hydrogen) atoms. The number of carbonyl (C=O) groups excluding carboxylic acids is 2. The van der Waals surface area contributed by atoms with E-state index in [4.69, 9.17) is 5.10 Å². The van der Waals surface area contributed by atoms with Crippen molar-refractivity contribution in [2.75, 3.05) is 82.6 Å². The quantitative estimate of drug-likeness (QED) is 0.117. The van der Waals surface area contributed by atoms with E-state index < -0.39 is 23.5 Å². The molecule has 4 aliphatic heterocycles. The van der Waals surface area contributed by atoms with Gasteiger partial charge in [-0.3, -0.25) is 19.0 Å². The van der Waals surface area contributed by atoms with Crippen molar-refractivity contribution in [1.82, 2.24) is 59.5 Å². The molecular formula is C47H52F6N14O2S4. The Hall–Kier alpha value is -5.28. The second-order valence-corrected chi connectivity index (χ2v) is 23.1. The van der Waals surface area contributed by atoms with Crippen molar-refractivity contribution in [2.24, 2.45) is 0 Å². The number of hydrogen-bond donors (Lipinski definition) is 3. The lowest BCUT2D eigenvalue weighted by Gasteiger charge is -2.28. The van der Waals surface area contributed by atoms with Crippen LogP contribution in [0.5, 0.6) is 0 Å². The molecular weight excluding hydrogens is 1030 g/mol. The number of amides is 2. The highest BCUT2D eigenvalue weighted by Gasteiger charge is 2.39. The van der Waals surface area contributed by atoms with E-state index >= 15 is 0 Å². The summed E-state index contributed by atoms with van der Waals surface area (Å²) < 4.78 is 87.5. The first-order valence-electron chi connectivity index (χ1n) is 23.9. The Bertz CT molecular complexity index is 3010. The molecule has 1 aliphatic carbocycles. The Labute approximate surface area is 433 Å². The first-order valence-corrected chi connectivity index (χ1v) is 27.5. The number of hydrogen-bond acceptors (Lipinski definition) is 16. The minimum absolute atomic E-state index is 0.0451. The van der Waals surface area contributed by atoms with Gasteiger partial charge in [0.1, 0.15) is 20.9 Å². The third kappa shape index (κ3) is 11.2. The summed E-state index contributed by atoms with van der Waals surface area (Å²) >= 11 is 5.02. The largest absolute Gasteiger partial charge is 0.420 e. The Balaban J connectivity index is 0.000000168. The van der Waals surface area contributed by atoms with Crippen molar-refractivity contribution in [1.29, 1.82) is 0 Å². The van der Waals surface area contributed by atoms with Gasteiger partial charge in [-0.1, -0.05) is 0 Å². The van der Waals surface area contributed by atoms with Gasteiger partial charge < -0.3 is 30.7 Å². The van der Waals surface area contributed by atoms with Crippen LogP contribution in [0.15, 0.2) is 46.7 Å². The van der Waals surface area contributed by atoms with Gasteiger partial charge in [0, 0.05) is 79.2 Å². The average molecular weight is 1090 g/mol. The number of aromatic nitrogens is 8. The van der Waals surface area contributed by atoms with Crippen LogP contribution in [0.3, 0.4) is 0 Å². The normalized spacial score (nSPS) is 18.5. The van der Waals surface area contributed by atoms with E-state index in [2.05, 4.69) is 52.9 Å². The summed E-state index contributed by atoms with van der Waals surface area (Å²) in [5.74, 6) is 1.44. The van der Waals surface area contributed by atoms with Gasteiger partial charge in [-0.05, 0) is 90.8 Å². The van der Waals surface area contributed by atoms with Crippen molar-refractivity contribution in [3.05, 3.63) is 69.2 Å². The first kappa shape index (κ1) is 51.2. The molecule has 0 atom stereocenters. The van der Waals surface area contributed by atoms with Crippen LogP contribution in [-0.2, 0) is 12.4 Å². The predicted octanol–water partition coefficient (Wildman–Crippen LogP) is 10.1. The summed E-state index contributed by atoms with van der Waals surface area (Å²) in [6.45, 7) is 6.84. The molecule has 0 unspecified atom stereocenters. The zero-order valence-corrected chi connectivity index (χ0v) is 43.5. The molecule has 3 fully saturated rings. The fourth-order valence-electron chi connectivity index (χ4n) is 9.01. The van der Waals surface area contributed by atoms with Gasteiger partial charge in [0.25, 0.3) is 11.8 Å².